The maximum Gasteiger partial charge on any atom is 0.329 e. The SMILES string of the molecule is C=C[C@@]1(OCOP(O)O)C[C@@H](O)[C@H](n2cnc3c(N)ncnc32)O1. The molecule has 12 heteroatoms. The van der Waals surface area contributed by atoms with Crippen LogP contribution in [-0.4, -0.2) is 53.1 Å². The van der Waals surface area contributed by atoms with Gasteiger partial charge < -0.3 is 30.1 Å². The number of rotatable bonds is 6. The van der Waals surface area contributed by atoms with Crippen LogP contribution in [0.5, 0.6) is 0 Å². The van der Waals surface area contributed by atoms with Crippen molar-refractivity contribution < 1.29 is 28.9 Å². The highest BCUT2D eigenvalue weighted by Gasteiger charge is 2.46. The largest absolute Gasteiger partial charge is 0.388 e. The lowest BCUT2D eigenvalue weighted by atomic mass is 10.1. The molecule has 0 radical (unpaired) electrons. The third kappa shape index (κ3) is 3.10. The van der Waals surface area contributed by atoms with E-state index in [2.05, 4.69) is 26.1 Å². The Labute approximate surface area is 137 Å². The zero-order valence-electron chi connectivity index (χ0n) is 12.4. The molecule has 0 spiro atoms. The highest BCUT2D eigenvalue weighted by atomic mass is 31.2. The lowest BCUT2D eigenvalue weighted by molar-refractivity contribution is -0.232. The molecule has 3 rings (SSSR count). The van der Waals surface area contributed by atoms with Crippen molar-refractivity contribution >= 4 is 25.6 Å². The molecule has 2 aromatic rings. The number of hydrogen-bond acceptors (Lipinski definition) is 10. The first-order chi connectivity index (χ1) is 11.5. The van der Waals surface area contributed by atoms with Crippen molar-refractivity contribution in [3.63, 3.8) is 0 Å². The van der Waals surface area contributed by atoms with Gasteiger partial charge in [-0.05, 0) is 6.08 Å². The molecule has 1 fully saturated rings. The quantitative estimate of drug-likeness (QED) is 0.309. The molecule has 0 amide bonds. The summed E-state index contributed by atoms with van der Waals surface area (Å²) in [4.78, 5) is 29.6. The summed E-state index contributed by atoms with van der Waals surface area (Å²) in [6.45, 7) is 3.19. The van der Waals surface area contributed by atoms with Crippen LogP contribution < -0.4 is 5.73 Å². The van der Waals surface area contributed by atoms with Gasteiger partial charge in [0.15, 0.2) is 30.3 Å². The summed E-state index contributed by atoms with van der Waals surface area (Å²) >= 11 is 0. The van der Waals surface area contributed by atoms with Crippen molar-refractivity contribution in [3.05, 3.63) is 25.3 Å². The average molecular weight is 357 g/mol. The third-order valence-corrected chi connectivity index (χ3v) is 3.92. The number of ether oxygens (including phenoxy) is 2. The predicted octanol–water partition coefficient (Wildman–Crippen LogP) is -0.227. The first kappa shape index (κ1) is 17.1. The molecule has 130 valence electrons. The molecule has 0 aromatic carbocycles. The van der Waals surface area contributed by atoms with Crippen LogP contribution >= 0.6 is 8.60 Å². The number of imidazole rings is 1. The molecule has 0 unspecified atom stereocenters. The second kappa shape index (κ2) is 6.65. The average Bonchev–Trinajstić information content (AvgIpc) is 3.09. The maximum absolute atomic E-state index is 10.4. The number of aromatic nitrogens is 4. The van der Waals surface area contributed by atoms with Gasteiger partial charge in [0, 0.05) is 6.42 Å². The molecule has 11 nitrogen and oxygen atoms in total. The van der Waals surface area contributed by atoms with Crippen molar-refractivity contribution in [3.8, 4) is 0 Å². The van der Waals surface area contributed by atoms with E-state index in [4.69, 9.17) is 25.0 Å². The number of anilines is 1. The molecule has 1 aliphatic heterocycles. The maximum atomic E-state index is 10.4. The van der Waals surface area contributed by atoms with Crippen LogP contribution in [0, 0.1) is 0 Å². The second-order valence-electron chi connectivity index (χ2n) is 5.02. The first-order valence-electron chi connectivity index (χ1n) is 6.83. The summed E-state index contributed by atoms with van der Waals surface area (Å²) in [7, 11) is -2.56. The molecule has 3 heterocycles. The fraction of sp³-hybridized carbons (Fsp3) is 0.417. The topological polar surface area (TPSA) is 158 Å². The Morgan fingerprint density at radius 2 is 2.29 bits per heavy atom. The summed E-state index contributed by atoms with van der Waals surface area (Å²) in [6, 6.07) is 0. The Balaban J connectivity index is 1.84. The van der Waals surface area contributed by atoms with E-state index in [1.54, 1.807) is 0 Å². The number of hydrogen-bond donors (Lipinski definition) is 4. The lowest BCUT2D eigenvalue weighted by Crippen LogP contribution is -2.30. The van der Waals surface area contributed by atoms with E-state index < -0.39 is 33.5 Å². The number of aliphatic hydroxyl groups excluding tert-OH is 1. The van der Waals surface area contributed by atoms with Gasteiger partial charge in [-0.25, -0.2) is 15.0 Å². The molecule has 2 aromatic heterocycles. The molecular formula is C12H16N5O6P. The van der Waals surface area contributed by atoms with Crippen molar-refractivity contribution in [1.29, 1.82) is 0 Å². The van der Waals surface area contributed by atoms with Crippen LogP contribution in [0.4, 0.5) is 5.82 Å². The van der Waals surface area contributed by atoms with Crippen molar-refractivity contribution in [1.82, 2.24) is 19.5 Å². The zero-order chi connectivity index (χ0) is 17.3. The Morgan fingerprint density at radius 3 is 3.00 bits per heavy atom. The van der Waals surface area contributed by atoms with Gasteiger partial charge in [-0.3, -0.25) is 9.09 Å². The van der Waals surface area contributed by atoms with E-state index in [0.717, 1.165) is 0 Å². The summed E-state index contributed by atoms with van der Waals surface area (Å²) in [5.74, 6) is -1.14. The number of aliphatic hydroxyl groups is 1. The van der Waals surface area contributed by atoms with Gasteiger partial charge in [0.1, 0.15) is 17.9 Å². The highest BCUT2D eigenvalue weighted by molar-refractivity contribution is 7.39. The fourth-order valence-electron chi connectivity index (χ4n) is 2.48. The van der Waals surface area contributed by atoms with Crippen LogP contribution in [0.1, 0.15) is 12.6 Å². The minimum atomic E-state index is -2.56. The summed E-state index contributed by atoms with van der Waals surface area (Å²) < 4.78 is 17.2. The molecule has 3 atom stereocenters. The zero-order valence-corrected chi connectivity index (χ0v) is 13.3. The molecule has 0 aliphatic carbocycles. The van der Waals surface area contributed by atoms with Crippen LogP contribution in [0.15, 0.2) is 25.3 Å². The molecule has 0 saturated carbocycles. The van der Waals surface area contributed by atoms with E-state index in [1.165, 1.54) is 23.3 Å². The number of nitrogen functional groups attached to an aromatic ring is 1. The highest BCUT2D eigenvalue weighted by Crippen LogP contribution is 2.40. The predicted molar refractivity (Wildman–Crippen MR) is 81.8 cm³/mol. The van der Waals surface area contributed by atoms with Gasteiger partial charge in [0.05, 0.1) is 6.33 Å². The monoisotopic (exact) mass is 357 g/mol. The minimum absolute atomic E-state index is 0.0551. The van der Waals surface area contributed by atoms with Gasteiger partial charge in [-0.15, -0.1) is 0 Å². The summed E-state index contributed by atoms with van der Waals surface area (Å²) in [5, 5.41) is 10.4. The van der Waals surface area contributed by atoms with E-state index >= 15 is 0 Å². The molecule has 0 bridgehead atoms. The first-order valence-corrected chi connectivity index (χ1v) is 7.99. The standard InChI is InChI=1S/C12H16N5O6P/c1-2-12(21-6-22-24(19)20)3-7(18)11(23-12)17-5-16-8-9(13)14-4-15-10(8)17/h2,4-5,7,11,18-20H,1,3,6H2,(H2,13,14,15)/t7-,11-,12+/m1/s1. The summed E-state index contributed by atoms with van der Waals surface area (Å²) in [6.07, 6.45) is 2.32. The van der Waals surface area contributed by atoms with Gasteiger partial charge in [-0.2, -0.15) is 0 Å². The minimum Gasteiger partial charge on any atom is -0.388 e. The number of nitrogens with two attached hydrogens (primary N) is 1. The van der Waals surface area contributed by atoms with E-state index in [0.29, 0.717) is 11.2 Å². The molecule has 1 saturated heterocycles. The van der Waals surface area contributed by atoms with E-state index in [9.17, 15) is 5.11 Å². The molecule has 1 aliphatic rings. The van der Waals surface area contributed by atoms with E-state index in [1.807, 2.05) is 0 Å². The fourth-order valence-corrected chi connectivity index (χ4v) is 2.63. The van der Waals surface area contributed by atoms with Crippen molar-refractivity contribution in [2.75, 3.05) is 12.5 Å². The Morgan fingerprint density at radius 1 is 1.50 bits per heavy atom. The molecule has 24 heavy (non-hydrogen) atoms. The lowest BCUT2D eigenvalue weighted by Gasteiger charge is -2.25. The molecule has 5 N–H and O–H groups in total. The van der Waals surface area contributed by atoms with Gasteiger partial charge in [0.2, 0.25) is 0 Å². The van der Waals surface area contributed by atoms with Crippen LogP contribution in [0.25, 0.3) is 11.2 Å². The Hall–Kier alpha value is -1.72. The third-order valence-electron chi connectivity index (χ3n) is 3.59. The van der Waals surface area contributed by atoms with E-state index in [-0.39, 0.29) is 12.2 Å². The van der Waals surface area contributed by atoms with Gasteiger partial charge >= 0.3 is 8.60 Å². The second-order valence-corrected chi connectivity index (χ2v) is 5.79. The van der Waals surface area contributed by atoms with Crippen LogP contribution in [-0.2, 0) is 14.0 Å². The van der Waals surface area contributed by atoms with Gasteiger partial charge in [0.25, 0.3) is 0 Å². The van der Waals surface area contributed by atoms with Crippen molar-refractivity contribution in [2.24, 2.45) is 0 Å². The smallest absolute Gasteiger partial charge is 0.329 e. The van der Waals surface area contributed by atoms with Gasteiger partial charge in [-0.1, -0.05) is 6.58 Å². The Kier molecular flexibility index (Phi) is 4.74. The number of nitrogens with zero attached hydrogens (tertiary/aromatic N) is 4. The van der Waals surface area contributed by atoms with Crippen molar-refractivity contribution in [2.45, 2.75) is 24.5 Å². The van der Waals surface area contributed by atoms with Crippen LogP contribution in [0.2, 0.25) is 0 Å². The van der Waals surface area contributed by atoms with Crippen LogP contribution in [0.3, 0.4) is 0 Å². The Bertz CT molecular complexity index is 742. The number of fused-ring (bicyclic) bond motifs is 1. The molecular weight excluding hydrogens is 341 g/mol. The summed E-state index contributed by atoms with van der Waals surface area (Å²) in [5.41, 5.74) is 6.53. The normalized spacial score (nSPS) is 27.2.